The van der Waals surface area contributed by atoms with Crippen molar-refractivity contribution < 1.29 is 50.0 Å². The standard InChI is InChI=1S/C59H109NO10/c1-3-5-7-9-11-13-14-15-16-17-18-19-20-21-22-23-24-25-26-27-28-29-30-31-32-33-34-35-36-37-39-41-43-45-47-52(63)58(68)60-50(49-69-59-57(67)56(66)55(65)53(48-61)70-59)54(64)51(62)46-44-42-40-38-12-10-8-6-4-2/h6,8,20-21,23-24,38,40,50-57,59,61-67H,3-5,7,9-19,22,25-37,39,41-49H2,1-2H3,(H,60,68)/b8-6+,21-20-,24-23-,40-38+. The van der Waals surface area contributed by atoms with E-state index in [1.807, 2.05) is 6.08 Å². The minimum atomic E-state index is -1.67. The van der Waals surface area contributed by atoms with Crippen molar-refractivity contribution in [1.82, 2.24) is 5.32 Å². The van der Waals surface area contributed by atoms with E-state index in [1.165, 1.54) is 161 Å². The van der Waals surface area contributed by atoms with E-state index in [9.17, 15) is 40.5 Å². The topological polar surface area (TPSA) is 189 Å². The molecule has 0 aromatic carbocycles. The lowest BCUT2D eigenvalue weighted by Gasteiger charge is -2.40. The van der Waals surface area contributed by atoms with Crippen molar-refractivity contribution in [3.05, 3.63) is 48.6 Å². The summed E-state index contributed by atoms with van der Waals surface area (Å²) in [6.07, 6.45) is 49.4. The molecule has 0 spiro atoms. The summed E-state index contributed by atoms with van der Waals surface area (Å²) in [6, 6.07) is -1.19. The fraction of sp³-hybridized carbons (Fsp3) is 0.847. The van der Waals surface area contributed by atoms with Gasteiger partial charge in [0.25, 0.3) is 0 Å². The molecule has 8 N–H and O–H groups in total. The van der Waals surface area contributed by atoms with E-state index in [0.717, 1.165) is 44.9 Å². The van der Waals surface area contributed by atoms with Crippen molar-refractivity contribution in [1.29, 1.82) is 0 Å². The third-order valence-corrected chi connectivity index (χ3v) is 13.8. The molecule has 0 bridgehead atoms. The van der Waals surface area contributed by atoms with Crippen LogP contribution in [-0.2, 0) is 14.3 Å². The van der Waals surface area contributed by atoms with Crippen molar-refractivity contribution >= 4 is 5.91 Å². The Hall–Kier alpha value is -1.93. The summed E-state index contributed by atoms with van der Waals surface area (Å²) in [7, 11) is 0. The number of nitrogens with one attached hydrogen (secondary N) is 1. The maximum atomic E-state index is 13.1. The van der Waals surface area contributed by atoms with E-state index in [-0.39, 0.29) is 12.8 Å². The normalized spacial score (nSPS) is 20.6. The number of aliphatic hydroxyl groups is 7. The van der Waals surface area contributed by atoms with Crippen LogP contribution in [0.15, 0.2) is 48.6 Å². The Morgan fingerprint density at radius 1 is 0.514 bits per heavy atom. The number of hydrogen-bond donors (Lipinski definition) is 8. The summed E-state index contributed by atoms with van der Waals surface area (Å²) >= 11 is 0. The largest absolute Gasteiger partial charge is 0.394 e. The highest BCUT2D eigenvalue weighted by molar-refractivity contribution is 5.80. The number of unbranched alkanes of at least 4 members (excludes halogenated alkanes) is 29. The SMILES string of the molecule is CC/C=C/CC/C=C/CCCC(O)C(O)C(COC1OC(CO)C(O)C(O)C1O)NC(=O)C(O)CCCCCCCCCCCCCCCCCC/C=C\C/C=C\CCCCCCCCCCCCC. The maximum Gasteiger partial charge on any atom is 0.249 e. The lowest BCUT2D eigenvalue weighted by atomic mass is 9.98. The van der Waals surface area contributed by atoms with Gasteiger partial charge < -0.3 is 50.5 Å². The zero-order chi connectivity index (χ0) is 51.1. The number of aliphatic hydroxyl groups excluding tert-OH is 7. The molecule has 0 radical (unpaired) electrons. The summed E-state index contributed by atoms with van der Waals surface area (Å²) in [4.78, 5) is 13.1. The monoisotopic (exact) mass is 992 g/mol. The minimum Gasteiger partial charge on any atom is -0.394 e. The third-order valence-electron chi connectivity index (χ3n) is 13.8. The fourth-order valence-corrected chi connectivity index (χ4v) is 9.14. The number of ether oxygens (including phenoxy) is 2. The zero-order valence-corrected chi connectivity index (χ0v) is 44.7. The predicted octanol–water partition coefficient (Wildman–Crippen LogP) is 12.1. The smallest absolute Gasteiger partial charge is 0.249 e. The van der Waals surface area contributed by atoms with Crippen LogP contribution in [-0.4, -0.2) is 110 Å². The van der Waals surface area contributed by atoms with E-state index in [0.29, 0.717) is 19.3 Å². The van der Waals surface area contributed by atoms with Gasteiger partial charge in [0.15, 0.2) is 6.29 Å². The quantitative estimate of drug-likeness (QED) is 0.0215. The Morgan fingerprint density at radius 3 is 1.43 bits per heavy atom. The number of carbonyl (C=O) groups excluding carboxylic acids is 1. The molecule has 0 aromatic rings. The van der Waals surface area contributed by atoms with E-state index in [1.54, 1.807) is 0 Å². The second-order valence-electron chi connectivity index (χ2n) is 20.3. The van der Waals surface area contributed by atoms with Gasteiger partial charge in [-0.05, 0) is 77.0 Å². The van der Waals surface area contributed by atoms with Crippen LogP contribution < -0.4 is 5.32 Å². The van der Waals surface area contributed by atoms with Gasteiger partial charge in [-0.2, -0.15) is 0 Å². The molecule has 0 aliphatic carbocycles. The number of amides is 1. The molecule has 9 atom stereocenters. The highest BCUT2D eigenvalue weighted by Crippen LogP contribution is 2.23. The van der Waals surface area contributed by atoms with Gasteiger partial charge in [0.05, 0.1) is 25.4 Å². The van der Waals surface area contributed by atoms with E-state index in [2.05, 4.69) is 61.7 Å². The molecule has 70 heavy (non-hydrogen) atoms. The molecule has 9 unspecified atom stereocenters. The first-order valence-corrected chi connectivity index (χ1v) is 29.0. The molecule has 1 aliphatic heterocycles. The molecule has 11 heteroatoms. The van der Waals surface area contributed by atoms with Gasteiger partial charge in [-0.3, -0.25) is 4.79 Å². The molecule has 410 valence electrons. The highest BCUT2D eigenvalue weighted by Gasteiger charge is 2.44. The van der Waals surface area contributed by atoms with E-state index in [4.69, 9.17) is 9.47 Å². The number of hydrogen-bond acceptors (Lipinski definition) is 10. The molecule has 1 saturated heterocycles. The van der Waals surface area contributed by atoms with Gasteiger partial charge in [0.1, 0.15) is 36.6 Å². The molecule has 1 fully saturated rings. The van der Waals surface area contributed by atoms with Crippen molar-refractivity contribution in [2.45, 2.75) is 306 Å². The molecular formula is C59H109NO10. The first kappa shape index (κ1) is 66.1. The van der Waals surface area contributed by atoms with Crippen LogP contribution in [0.4, 0.5) is 0 Å². The van der Waals surface area contributed by atoms with Crippen molar-refractivity contribution in [2.75, 3.05) is 13.2 Å². The molecule has 1 heterocycles. The van der Waals surface area contributed by atoms with E-state index < -0.39 is 74.2 Å². The Balaban J connectivity index is 2.14. The Morgan fingerprint density at radius 2 is 0.943 bits per heavy atom. The summed E-state index contributed by atoms with van der Waals surface area (Å²) < 4.78 is 11.1. The van der Waals surface area contributed by atoms with Gasteiger partial charge in [0, 0.05) is 0 Å². The zero-order valence-electron chi connectivity index (χ0n) is 44.7. The van der Waals surface area contributed by atoms with Gasteiger partial charge in [-0.1, -0.05) is 223 Å². The Kier molecular flexibility index (Phi) is 45.3. The van der Waals surface area contributed by atoms with Crippen molar-refractivity contribution in [3.63, 3.8) is 0 Å². The molecule has 1 aliphatic rings. The Bertz CT molecular complexity index is 1280. The van der Waals surface area contributed by atoms with Crippen LogP contribution >= 0.6 is 0 Å². The summed E-state index contributed by atoms with van der Waals surface area (Å²) in [5.74, 6) is -0.712. The highest BCUT2D eigenvalue weighted by atomic mass is 16.7. The average molecular weight is 993 g/mol. The summed E-state index contributed by atoms with van der Waals surface area (Å²) in [5.41, 5.74) is 0. The van der Waals surface area contributed by atoms with Gasteiger partial charge in [-0.25, -0.2) is 0 Å². The van der Waals surface area contributed by atoms with Crippen LogP contribution in [0.2, 0.25) is 0 Å². The summed E-state index contributed by atoms with van der Waals surface area (Å²) in [5, 5.41) is 75.7. The maximum absolute atomic E-state index is 13.1. The van der Waals surface area contributed by atoms with Crippen LogP contribution in [0.3, 0.4) is 0 Å². The number of rotatable bonds is 49. The predicted molar refractivity (Wildman–Crippen MR) is 288 cm³/mol. The number of carbonyl (C=O) groups is 1. The van der Waals surface area contributed by atoms with Crippen molar-refractivity contribution in [2.24, 2.45) is 0 Å². The number of allylic oxidation sites excluding steroid dienone is 8. The first-order valence-electron chi connectivity index (χ1n) is 29.0. The average Bonchev–Trinajstić information content (AvgIpc) is 3.36. The fourth-order valence-electron chi connectivity index (χ4n) is 9.14. The van der Waals surface area contributed by atoms with Crippen LogP contribution in [0.25, 0.3) is 0 Å². The second kappa shape index (κ2) is 48.0. The summed E-state index contributed by atoms with van der Waals surface area (Å²) in [6.45, 7) is 3.30. The molecule has 0 saturated carbocycles. The second-order valence-corrected chi connectivity index (χ2v) is 20.3. The van der Waals surface area contributed by atoms with E-state index >= 15 is 0 Å². The third kappa shape index (κ3) is 36.1. The molecular weight excluding hydrogens is 883 g/mol. The van der Waals surface area contributed by atoms with Crippen LogP contribution in [0, 0.1) is 0 Å². The lowest BCUT2D eigenvalue weighted by Crippen LogP contribution is -2.60. The van der Waals surface area contributed by atoms with Gasteiger partial charge in [0.2, 0.25) is 5.91 Å². The van der Waals surface area contributed by atoms with Gasteiger partial charge >= 0.3 is 0 Å². The minimum absolute atomic E-state index is 0.243. The lowest BCUT2D eigenvalue weighted by molar-refractivity contribution is -0.303. The van der Waals surface area contributed by atoms with Crippen LogP contribution in [0.5, 0.6) is 0 Å². The molecule has 0 aromatic heterocycles. The van der Waals surface area contributed by atoms with Gasteiger partial charge in [-0.15, -0.1) is 0 Å². The molecule has 11 nitrogen and oxygen atoms in total. The Labute approximate surface area is 428 Å². The molecule has 1 rings (SSSR count). The molecule has 1 amide bonds. The van der Waals surface area contributed by atoms with Crippen molar-refractivity contribution in [3.8, 4) is 0 Å². The van der Waals surface area contributed by atoms with Crippen LogP contribution in [0.1, 0.15) is 251 Å². The first-order chi connectivity index (χ1) is 34.2.